The third-order valence-corrected chi connectivity index (χ3v) is 4.26. The van der Waals surface area contributed by atoms with E-state index in [2.05, 4.69) is 14.7 Å². The van der Waals surface area contributed by atoms with Crippen LogP contribution in [-0.4, -0.2) is 47.4 Å². The summed E-state index contributed by atoms with van der Waals surface area (Å²) in [6.07, 6.45) is 2.80. The van der Waals surface area contributed by atoms with Crippen LogP contribution in [0.25, 0.3) is 11.0 Å². The zero-order valence-corrected chi connectivity index (χ0v) is 12.0. The second-order valence-corrected chi connectivity index (χ2v) is 6.11. The third-order valence-electron chi connectivity index (χ3n) is 2.77. The SMILES string of the molecule is CN(CCC(=O)O)S(=O)(=O)Nc1ccc2nccnc2c1. The number of carboxylic acids is 1. The molecule has 112 valence electrons. The monoisotopic (exact) mass is 310 g/mol. The second-order valence-electron chi connectivity index (χ2n) is 4.33. The molecule has 0 saturated carbocycles. The van der Waals surface area contributed by atoms with Gasteiger partial charge in [0.2, 0.25) is 0 Å². The van der Waals surface area contributed by atoms with E-state index >= 15 is 0 Å². The predicted molar refractivity (Wildman–Crippen MR) is 77.0 cm³/mol. The van der Waals surface area contributed by atoms with Gasteiger partial charge in [0.05, 0.1) is 23.1 Å². The minimum atomic E-state index is -3.81. The van der Waals surface area contributed by atoms with Crippen molar-refractivity contribution >= 4 is 32.9 Å². The molecule has 21 heavy (non-hydrogen) atoms. The number of nitrogens with zero attached hydrogens (tertiary/aromatic N) is 3. The van der Waals surface area contributed by atoms with Crippen LogP contribution in [0.5, 0.6) is 0 Å². The Morgan fingerprint density at radius 1 is 1.29 bits per heavy atom. The maximum atomic E-state index is 12.0. The molecule has 1 heterocycles. The number of aromatic nitrogens is 2. The Balaban J connectivity index is 2.16. The lowest BCUT2D eigenvalue weighted by molar-refractivity contribution is -0.137. The van der Waals surface area contributed by atoms with Gasteiger partial charge in [0.1, 0.15) is 0 Å². The molecule has 0 unspecified atom stereocenters. The lowest BCUT2D eigenvalue weighted by Gasteiger charge is -2.17. The van der Waals surface area contributed by atoms with E-state index in [0.717, 1.165) is 4.31 Å². The van der Waals surface area contributed by atoms with Gasteiger partial charge in [-0.1, -0.05) is 0 Å². The van der Waals surface area contributed by atoms with Gasteiger partial charge >= 0.3 is 16.2 Å². The minimum absolute atomic E-state index is 0.113. The number of carbonyl (C=O) groups is 1. The third kappa shape index (κ3) is 3.86. The number of carboxylic acid groups (broad SMARTS) is 1. The highest BCUT2D eigenvalue weighted by Crippen LogP contribution is 2.17. The Hall–Kier alpha value is -2.26. The average molecular weight is 310 g/mol. The van der Waals surface area contributed by atoms with Crippen LogP contribution in [0, 0.1) is 0 Å². The summed E-state index contributed by atoms with van der Waals surface area (Å²) in [5.74, 6) is -1.06. The van der Waals surface area contributed by atoms with Crippen LogP contribution in [0.4, 0.5) is 5.69 Å². The van der Waals surface area contributed by atoms with E-state index in [1.54, 1.807) is 24.4 Å². The topological polar surface area (TPSA) is 112 Å². The Morgan fingerprint density at radius 2 is 1.95 bits per heavy atom. The largest absolute Gasteiger partial charge is 0.481 e. The Morgan fingerprint density at radius 3 is 2.62 bits per heavy atom. The fraction of sp³-hybridized carbons (Fsp3) is 0.250. The maximum Gasteiger partial charge on any atom is 0.304 e. The smallest absolute Gasteiger partial charge is 0.304 e. The second kappa shape index (κ2) is 6.02. The van der Waals surface area contributed by atoms with E-state index in [9.17, 15) is 13.2 Å². The average Bonchev–Trinajstić information content (AvgIpc) is 2.44. The molecule has 0 aliphatic heterocycles. The molecule has 1 aromatic carbocycles. The number of hydrogen-bond acceptors (Lipinski definition) is 5. The Bertz CT molecular complexity index is 763. The zero-order chi connectivity index (χ0) is 15.5. The first-order chi connectivity index (χ1) is 9.88. The maximum absolute atomic E-state index is 12.0. The van der Waals surface area contributed by atoms with Gasteiger partial charge in [0.15, 0.2) is 0 Å². The van der Waals surface area contributed by atoms with Crippen molar-refractivity contribution in [1.82, 2.24) is 14.3 Å². The van der Waals surface area contributed by atoms with E-state index in [0.29, 0.717) is 16.7 Å². The van der Waals surface area contributed by atoms with Crippen LogP contribution < -0.4 is 4.72 Å². The van der Waals surface area contributed by atoms with Gasteiger partial charge in [0.25, 0.3) is 0 Å². The molecule has 0 fully saturated rings. The molecule has 2 rings (SSSR count). The molecular weight excluding hydrogens is 296 g/mol. The molecule has 0 spiro atoms. The first-order valence-electron chi connectivity index (χ1n) is 6.05. The van der Waals surface area contributed by atoms with E-state index in [4.69, 9.17) is 5.11 Å². The molecule has 0 saturated heterocycles. The van der Waals surface area contributed by atoms with Crippen LogP contribution >= 0.6 is 0 Å². The number of hydrogen-bond donors (Lipinski definition) is 2. The van der Waals surface area contributed by atoms with Crippen LogP contribution in [0.2, 0.25) is 0 Å². The van der Waals surface area contributed by atoms with Gasteiger partial charge in [-0.3, -0.25) is 19.5 Å². The van der Waals surface area contributed by atoms with Crippen molar-refractivity contribution in [3.05, 3.63) is 30.6 Å². The fourth-order valence-corrected chi connectivity index (χ4v) is 2.54. The van der Waals surface area contributed by atoms with Crippen molar-refractivity contribution in [3.63, 3.8) is 0 Å². The van der Waals surface area contributed by atoms with Gasteiger partial charge in [-0.25, -0.2) is 0 Å². The lowest BCUT2D eigenvalue weighted by atomic mass is 10.3. The van der Waals surface area contributed by atoms with Gasteiger partial charge in [-0.05, 0) is 18.2 Å². The summed E-state index contributed by atoms with van der Waals surface area (Å²) in [5, 5.41) is 8.58. The molecule has 9 heteroatoms. The normalized spacial score (nSPS) is 11.7. The zero-order valence-electron chi connectivity index (χ0n) is 11.2. The number of benzene rings is 1. The molecule has 0 aliphatic carbocycles. The van der Waals surface area contributed by atoms with Crippen molar-refractivity contribution in [1.29, 1.82) is 0 Å². The summed E-state index contributed by atoms with van der Waals surface area (Å²) in [6.45, 7) is -0.113. The summed E-state index contributed by atoms with van der Waals surface area (Å²) in [6, 6.07) is 4.78. The lowest BCUT2D eigenvalue weighted by Crippen LogP contribution is -2.34. The van der Waals surface area contributed by atoms with Gasteiger partial charge in [-0.15, -0.1) is 0 Å². The standard InChI is InChI=1S/C12H14N4O4S/c1-16(7-4-12(17)18)21(19,20)15-9-2-3-10-11(8-9)14-6-5-13-10/h2-3,5-6,8,15H,4,7H2,1H3,(H,17,18). The first-order valence-corrected chi connectivity index (χ1v) is 7.49. The van der Waals surface area contributed by atoms with E-state index < -0.39 is 16.2 Å². The summed E-state index contributed by atoms with van der Waals surface area (Å²) < 4.78 is 27.4. The highest BCUT2D eigenvalue weighted by molar-refractivity contribution is 7.90. The molecular formula is C12H14N4O4S. The fourth-order valence-electron chi connectivity index (χ4n) is 1.63. The number of rotatable bonds is 6. The van der Waals surface area contributed by atoms with Crippen molar-refractivity contribution in [2.75, 3.05) is 18.3 Å². The van der Waals surface area contributed by atoms with Gasteiger partial charge in [-0.2, -0.15) is 12.7 Å². The molecule has 0 atom stereocenters. The van der Waals surface area contributed by atoms with Crippen molar-refractivity contribution in [3.8, 4) is 0 Å². The summed E-state index contributed by atoms with van der Waals surface area (Å²) in [4.78, 5) is 18.7. The molecule has 0 amide bonds. The van der Waals surface area contributed by atoms with Crippen LogP contribution in [0.15, 0.2) is 30.6 Å². The number of aliphatic carboxylic acids is 1. The van der Waals surface area contributed by atoms with Crippen molar-refractivity contribution < 1.29 is 18.3 Å². The molecule has 2 N–H and O–H groups in total. The van der Waals surface area contributed by atoms with Crippen LogP contribution in [-0.2, 0) is 15.0 Å². The number of anilines is 1. The molecule has 0 radical (unpaired) electrons. The van der Waals surface area contributed by atoms with Gasteiger partial charge < -0.3 is 5.11 Å². The number of fused-ring (bicyclic) bond motifs is 1. The summed E-state index contributed by atoms with van der Waals surface area (Å²) in [5.41, 5.74) is 1.55. The summed E-state index contributed by atoms with van der Waals surface area (Å²) in [7, 11) is -2.49. The van der Waals surface area contributed by atoms with Crippen LogP contribution in [0.1, 0.15) is 6.42 Å². The van der Waals surface area contributed by atoms with E-state index in [1.807, 2.05) is 0 Å². The van der Waals surface area contributed by atoms with Gasteiger partial charge in [0, 0.05) is 26.0 Å². The molecule has 2 aromatic rings. The summed E-state index contributed by atoms with van der Waals surface area (Å²) >= 11 is 0. The van der Waals surface area contributed by atoms with Crippen LogP contribution in [0.3, 0.4) is 0 Å². The highest BCUT2D eigenvalue weighted by atomic mass is 32.2. The Labute approximate surface area is 121 Å². The van der Waals surface area contributed by atoms with Crippen molar-refractivity contribution in [2.45, 2.75) is 6.42 Å². The predicted octanol–water partition coefficient (Wildman–Crippen LogP) is 0.693. The molecule has 0 bridgehead atoms. The van der Waals surface area contributed by atoms with E-state index in [1.165, 1.54) is 13.2 Å². The Kier molecular flexibility index (Phi) is 4.34. The minimum Gasteiger partial charge on any atom is -0.481 e. The molecule has 1 aromatic heterocycles. The van der Waals surface area contributed by atoms with Crippen molar-refractivity contribution in [2.24, 2.45) is 0 Å². The number of nitrogens with one attached hydrogen (secondary N) is 1. The first kappa shape index (κ1) is 15.1. The highest BCUT2D eigenvalue weighted by Gasteiger charge is 2.18. The molecule has 0 aliphatic rings. The van der Waals surface area contributed by atoms with E-state index in [-0.39, 0.29) is 13.0 Å². The quantitative estimate of drug-likeness (QED) is 0.812. The molecule has 8 nitrogen and oxygen atoms in total.